The van der Waals surface area contributed by atoms with Crippen molar-refractivity contribution in [3.8, 4) is 0 Å². The zero-order chi connectivity index (χ0) is 64.1. The van der Waals surface area contributed by atoms with E-state index in [0.717, 1.165) is 66.0 Å². The van der Waals surface area contributed by atoms with Crippen molar-refractivity contribution in [3.05, 3.63) is 41.4 Å². The summed E-state index contributed by atoms with van der Waals surface area (Å²) in [5, 5.41) is 18.4. The standard InChI is InChI=1S/2C10H20O2.C10H22.C10H20.C10H22.C10H20.C6H11Br.C4H9.CH4.HI.Zn/c1-7(2)10(4,5)6-8(3)9(11)12;1-7(2)8(3)5-6-9(4)10(11)12;2*1-8(2)7-10(5,6)9(3)4;2*1-8(2)6-7-10(5)9(3)4;1-5(2)6(3)4-7;1-4(2)3;;;/h7-8H,6H2,1-5H3,(H,11,12);7-9H,5-6H2,1-4H3,(H,11,12);8-9H,7H2,1-6H3;8H,3,7H2,1-2,4-6H3;8-10H,6-7H2,1-5H3;8H,6-7H2,1-5H3;4H2,1-3H3;4H,1H2,2-3H3;1H4;1H;/q;;;;;;;-1;;;+2/p-1. The van der Waals surface area contributed by atoms with E-state index in [1.165, 1.54) is 75.6 Å². The van der Waals surface area contributed by atoms with E-state index in [-0.39, 0.29) is 24.7 Å². The second kappa shape index (κ2) is 57.4. The van der Waals surface area contributed by atoms with Crippen LogP contribution in [0.2, 0.25) is 0 Å². The molecule has 0 spiro atoms. The van der Waals surface area contributed by atoms with Crippen LogP contribution < -0.4 is 0 Å². The Morgan fingerprint density at radius 1 is 0.487 bits per heavy atom. The summed E-state index contributed by atoms with van der Waals surface area (Å²) < 4.78 is 0. The number of carboxylic acid groups (broad SMARTS) is 2. The first-order valence-electron chi connectivity index (χ1n) is 30.5. The molecule has 472 valence electrons. The van der Waals surface area contributed by atoms with Gasteiger partial charge in [-0.05, 0) is 169 Å². The first kappa shape index (κ1) is 100. The fourth-order valence-electron chi connectivity index (χ4n) is 6.38. The molecule has 0 aliphatic rings. The van der Waals surface area contributed by atoms with Gasteiger partial charge in [0.2, 0.25) is 0 Å². The van der Waals surface area contributed by atoms with Gasteiger partial charge in [-0.15, -0.1) is 0 Å². The average Bonchev–Trinajstić information content (AvgIpc) is 3.26. The second-order valence-corrected chi connectivity index (χ2v) is 29.4. The van der Waals surface area contributed by atoms with Gasteiger partial charge in [0.05, 0.1) is 11.8 Å². The SMILES string of the molecule is C.C=C(C)C(C)(C)CC(C)C.CC(C)=C(C)CBr.CC(C)=C(C)CCC(C)C.CC(C)CC(C)(C)C(C)C.CC(C)CCC(C)C(C)C.CC(CC(C)(C)C(C)C)C(=O)O.CC(CCC(C)C(C)C)C(=O)O.[CH2-]C(C)C.[Zn+][I]. The molecular formula is C71H148BrIO4Zn. The molecule has 0 aliphatic heterocycles. The normalized spacial score (nSPS) is 12.5. The van der Waals surface area contributed by atoms with Crippen molar-refractivity contribution < 1.29 is 34.6 Å². The van der Waals surface area contributed by atoms with E-state index in [4.69, 9.17) is 10.2 Å². The summed E-state index contributed by atoms with van der Waals surface area (Å²) in [6, 6.07) is 0. The van der Waals surface area contributed by atoms with Crippen molar-refractivity contribution in [2.24, 2.45) is 93.2 Å². The van der Waals surface area contributed by atoms with Gasteiger partial charge >= 0.3 is 46.5 Å². The molecule has 4 nitrogen and oxygen atoms in total. The second-order valence-electron chi connectivity index (χ2n) is 28.8. The maximum atomic E-state index is 10.6. The Bertz CT molecular complexity index is 1420. The van der Waals surface area contributed by atoms with Crippen LogP contribution in [0.3, 0.4) is 0 Å². The van der Waals surface area contributed by atoms with Crippen molar-refractivity contribution in [1.82, 2.24) is 0 Å². The number of hydrogen-bond acceptors (Lipinski definition) is 2. The summed E-state index contributed by atoms with van der Waals surface area (Å²) in [7, 11) is 0. The van der Waals surface area contributed by atoms with E-state index < -0.39 is 11.9 Å². The van der Waals surface area contributed by atoms with Gasteiger partial charge in [0.1, 0.15) is 0 Å². The topological polar surface area (TPSA) is 74.6 Å². The number of alkyl halides is 1. The van der Waals surface area contributed by atoms with Crippen molar-refractivity contribution in [2.75, 3.05) is 5.33 Å². The molecule has 0 radical (unpaired) electrons. The molecule has 7 heteroatoms. The Labute approximate surface area is 525 Å². The molecule has 0 bridgehead atoms. The van der Waals surface area contributed by atoms with Crippen LogP contribution in [-0.2, 0) is 24.4 Å². The predicted octanol–water partition coefficient (Wildman–Crippen LogP) is 26.1. The maximum absolute atomic E-state index is 10.6. The molecule has 0 heterocycles. The molecule has 0 amide bonds. The Hall–Kier alpha value is -0.00662. The summed E-state index contributed by atoms with van der Waals surface area (Å²) in [5.74, 6) is 6.50. The minimum absolute atomic E-state index is 0. The van der Waals surface area contributed by atoms with Crippen LogP contribution in [0, 0.1) is 100 Å². The Kier molecular flexibility index (Phi) is 73.6. The predicted molar refractivity (Wildman–Crippen MR) is 371 cm³/mol. The molecular weight excluding hydrogens is 1190 g/mol. The van der Waals surface area contributed by atoms with E-state index in [9.17, 15) is 9.59 Å². The number of allylic oxidation sites excluding steroid dienone is 5. The molecule has 2 N–H and O–H groups in total. The first-order valence-corrected chi connectivity index (χ1v) is 40.6. The van der Waals surface area contributed by atoms with Crippen molar-refractivity contribution in [3.63, 3.8) is 0 Å². The molecule has 4 unspecified atom stereocenters. The minimum atomic E-state index is -0.691. The number of halogens is 2. The van der Waals surface area contributed by atoms with E-state index >= 15 is 0 Å². The molecule has 0 aromatic heterocycles. The van der Waals surface area contributed by atoms with Gasteiger partial charge in [-0.3, -0.25) is 9.59 Å². The van der Waals surface area contributed by atoms with Gasteiger partial charge in [0, 0.05) is 5.33 Å². The summed E-state index contributed by atoms with van der Waals surface area (Å²) in [4.78, 5) is 21.1. The molecule has 78 heavy (non-hydrogen) atoms. The Morgan fingerprint density at radius 2 is 0.782 bits per heavy atom. The van der Waals surface area contributed by atoms with Gasteiger partial charge in [0.25, 0.3) is 0 Å². The molecule has 0 saturated carbocycles. The molecule has 4 atom stereocenters. The number of hydrogen-bond donors (Lipinski definition) is 2. The number of carboxylic acids is 2. The quantitative estimate of drug-likeness (QED) is 0.0351. The van der Waals surface area contributed by atoms with Gasteiger partial charge < -0.3 is 17.1 Å². The van der Waals surface area contributed by atoms with E-state index in [2.05, 4.69) is 278 Å². The van der Waals surface area contributed by atoms with Crippen molar-refractivity contribution in [1.29, 1.82) is 0 Å². The summed E-state index contributed by atoms with van der Waals surface area (Å²) in [5.41, 5.74) is 8.16. The fraction of sp³-hybridized carbons (Fsp3) is 0.873. The van der Waals surface area contributed by atoms with Crippen LogP contribution in [0.1, 0.15) is 308 Å². The average molecular weight is 1340 g/mol. The molecule has 0 fully saturated rings. The zero-order valence-electron chi connectivity index (χ0n) is 59.2. The van der Waals surface area contributed by atoms with Crippen LogP contribution in [0.5, 0.6) is 0 Å². The van der Waals surface area contributed by atoms with E-state index in [0.29, 0.717) is 34.5 Å². The van der Waals surface area contributed by atoms with Crippen molar-refractivity contribution in [2.45, 2.75) is 308 Å². The van der Waals surface area contributed by atoms with Crippen LogP contribution in [-0.4, -0.2) is 27.5 Å². The fourth-order valence-corrected chi connectivity index (χ4v) is 6.94. The number of rotatable bonds is 23. The molecule has 0 aromatic rings. The third kappa shape index (κ3) is 78.1. The van der Waals surface area contributed by atoms with Crippen LogP contribution in [0.25, 0.3) is 0 Å². The molecule has 0 aromatic carbocycles. The van der Waals surface area contributed by atoms with Crippen LogP contribution in [0.4, 0.5) is 0 Å². The van der Waals surface area contributed by atoms with Gasteiger partial charge in [-0.2, -0.15) is 5.92 Å². The van der Waals surface area contributed by atoms with Crippen molar-refractivity contribution >= 4 is 47.6 Å². The molecule has 0 rings (SSSR count). The zero-order valence-corrected chi connectivity index (χ0v) is 65.9. The van der Waals surface area contributed by atoms with Crippen LogP contribution >= 0.6 is 35.7 Å². The van der Waals surface area contributed by atoms with Gasteiger partial charge in [-0.25, -0.2) is 0 Å². The molecule has 0 saturated heterocycles. The van der Waals surface area contributed by atoms with E-state index in [1.54, 1.807) is 19.4 Å². The Morgan fingerprint density at radius 3 is 0.962 bits per heavy atom. The summed E-state index contributed by atoms with van der Waals surface area (Å²) in [6.45, 7) is 84.5. The number of carbonyl (C=O) groups is 2. The third-order valence-corrected chi connectivity index (χ3v) is 16.2. The Balaban J connectivity index is -0.0000000851. The van der Waals surface area contributed by atoms with Gasteiger partial charge in [0.15, 0.2) is 0 Å². The summed E-state index contributed by atoms with van der Waals surface area (Å²) in [6.07, 6.45) is 10.5. The van der Waals surface area contributed by atoms with Gasteiger partial charge in [-0.1, -0.05) is 265 Å². The third-order valence-electron chi connectivity index (χ3n) is 15.3. The first-order chi connectivity index (χ1) is 34.4. The molecule has 0 aliphatic carbocycles. The summed E-state index contributed by atoms with van der Waals surface area (Å²) >= 11 is 6.98. The number of aliphatic carboxylic acids is 2. The van der Waals surface area contributed by atoms with Crippen LogP contribution in [0.15, 0.2) is 34.4 Å². The monoisotopic (exact) mass is 1330 g/mol. The van der Waals surface area contributed by atoms with E-state index in [1.807, 2.05) is 0 Å².